The zero-order chi connectivity index (χ0) is 18.8. The lowest BCUT2D eigenvalue weighted by Crippen LogP contribution is -2.41. The number of pyridine rings is 1. The van der Waals surface area contributed by atoms with Gasteiger partial charge in [-0.05, 0) is 56.2 Å². The van der Waals surface area contributed by atoms with Gasteiger partial charge in [0.05, 0.1) is 6.61 Å². The lowest BCUT2D eigenvalue weighted by Gasteiger charge is -2.16. The smallest absolute Gasteiger partial charge is 0.219 e. The average molecular weight is 356 g/mol. The molecular formula is C20H28N4O2. The van der Waals surface area contributed by atoms with Gasteiger partial charge in [0, 0.05) is 31.9 Å². The first-order valence-electron chi connectivity index (χ1n) is 8.97. The van der Waals surface area contributed by atoms with Gasteiger partial charge in [-0.3, -0.25) is 4.99 Å². The molecule has 0 aliphatic carbocycles. The fraction of sp³-hybridized carbons (Fsp3) is 0.400. The third-order valence-corrected chi connectivity index (χ3v) is 3.84. The van der Waals surface area contributed by atoms with Crippen molar-refractivity contribution in [2.24, 2.45) is 4.99 Å². The number of hydrogen-bond acceptors (Lipinski definition) is 4. The molecule has 0 radical (unpaired) electrons. The van der Waals surface area contributed by atoms with Gasteiger partial charge in [-0.1, -0.05) is 6.92 Å². The maximum atomic E-state index is 5.83. The van der Waals surface area contributed by atoms with Crippen molar-refractivity contribution in [3.05, 3.63) is 48.2 Å². The molecule has 0 saturated carbocycles. The molecule has 0 fully saturated rings. The molecule has 6 heteroatoms. The molecule has 26 heavy (non-hydrogen) atoms. The van der Waals surface area contributed by atoms with E-state index in [1.807, 2.05) is 43.3 Å². The van der Waals surface area contributed by atoms with Crippen LogP contribution in [-0.2, 0) is 6.54 Å². The Hall–Kier alpha value is -2.76. The zero-order valence-corrected chi connectivity index (χ0v) is 16.0. The molecule has 2 N–H and O–H groups in total. The molecule has 0 aliphatic rings. The molecule has 6 nitrogen and oxygen atoms in total. The van der Waals surface area contributed by atoms with Crippen LogP contribution in [0.15, 0.2) is 47.6 Å². The van der Waals surface area contributed by atoms with E-state index in [9.17, 15) is 0 Å². The summed E-state index contributed by atoms with van der Waals surface area (Å²) in [5, 5.41) is 6.64. The number of aliphatic imine (C=N–C) groups is 1. The van der Waals surface area contributed by atoms with Crippen LogP contribution in [0.2, 0.25) is 0 Å². The maximum absolute atomic E-state index is 5.83. The number of benzene rings is 1. The molecule has 0 bridgehead atoms. The largest absolute Gasteiger partial charge is 0.494 e. The van der Waals surface area contributed by atoms with Crippen LogP contribution < -0.4 is 20.1 Å². The molecule has 2 aromatic rings. The number of guanidine groups is 1. The summed E-state index contributed by atoms with van der Waals surface area (Å²) < 4.78 is 11.3. The lowest BCUT2D eigenvalue weighted by molar-refractivity contribution is 0.339. The highest BCUT2D eigenvalue weighted by Gasteiger charge is 2.05. The Bertz CT molecular complexity index is 701. The van der Waals surface area contributed by atoms with Gasteiger partial charge >= 0.3 is 0 Å². The molecule has 1 aromatic heterocycles. The summed E-state index contributed by atoms with van der Waals surface area (Å²) in [6.07, 6.45) is 2.78. The van der Waals surface area contributed by atoms with E-state index in [2.05, 4.69) is 34.5 Å². The first-order valence-corrected chi connectivity index (χ1v) is 8.97. The van der Waals surface area contributed by atoms with Gasteiger partial charge in [0.15, 0.2) is 5.96 Å². The van der Waals surface area contributed by atoms with Gasteiger partial charge in [0.25, 0.3) is 0 Å². The summed E-state index contributed by atoms with van der Waals surface area (Å²) in [5.74, 6) is 2.88. The fourth-order valence-electron chi connectivity index (χ4n) is 2.22. The van der Waals surface area contributed by atoms with E-state index in [-0.39, 0.29) is 0 Å². The SMILES string of the molecule is CCOc1ccc(Oc2cc(CNC(=NC)NC(C)CC)ccn2)cc1. The quantitative estimate of drug-likeness (QED) is 0.557. The number of aromatic nitrogens is 1. The minimum absolute atomic E-state index is 0.372. The Morgan fingerprint density at radius 2 is 1.88 bits per heavy atom. The van der Waals surface area contributed by atoms with Crippen molar-refractivity contribution in [3.8, 4) is 17.4 Å². The first-order chi connectivity index (χ1) is 12.6. The molecule has 140 valence electrons. The Balaban J connectivity index is 1.94. The van der Waals surface area contributed by atoms with Crippen LogP contribution in [0.1, 0.15) is 32.8 Å². The van der Waals surface area contributed by atoms with E-state index in [1.165, 1.54) is 0 Å². The van der Waals surface area contributed by atoms with E-state index in [0.717, 1.165) is 29.4 Å². The highest BCUT2D eigenvalue weighted by atomic mass is 16.5. The minimum atomic E-state index is 0.372. The van der Waals surface area contributed by atoms with E-state index in [1.54, 1.807) is 13.2 Å². The van der Waals surface area contributed by atoms with Crippen LogP contribution in [0.5, 0.6) is 17.4 Å². The Morgan fingerprint density at radius 3 is 2.54 bits per heavy atom. The monoisotopic (exact) mass is 356 g/mol. The zero-order valence-electron chi connectivity index (χ0n) is 16.0. The lowest BCUT2D eigenvalue weighted by atomic mass is 10.2. The van der Waals surface area contributed by atoms with Crippen molar-refractivity contribution < 1.29 is 9.47 Å². The summed E-state index contributed by atoms with van der Waals surface area (Å²) in [6, 6.07) is 11.8. The Morgan fingerprint density at radius 1 is 1.15 bits per heavy atom. The summed E-state index contributed by atoms with van der Waals surface area (Å²) >= 11 is 0. The van der Waals surface area contributed by atoms with Gasteiger partial charge in [-0.25, -0.2) is 4.98 Å². The molecule has 1 unspecified atom stereocenters. The van der Waals surface area contributed by atoms with Crippen molar-refractivity contribution in [1.82, 2.24) is 15.6 Å². The molecular weight excluding hydrogens is 328 g/mol. The first kappa shape index (κ1) is 19.6. The van der Waals surface area contributed by atoms with E-state index >= 15 is 0 Å². The fourth-order valence-corrected chi connectivity index (χ4v) is 2.22. The van der Waals surface area contributed by atoms with Gasteiger partial charge < -0.3 is 20.1 Å². The second-order valence-corrected chi connectivity index (χ2v) is 5.89. The predicted molar refractivity (Wildman–Crippen MR) is 105 cm³/mol. The summed E-state index contributed by atoms with van der Waals surface area (Å²) in [6.45, 7) is 7.51. The molecule has 1 atom stereocenters. The molecule has 1 aromatic carbocycles. The third-order valence-electron chi connectivity index (χ3n) is 3.84. The van der Waals surface area contributed by atoms with Crippen LogP contribution in [0.25, 0.3) is 0 Å². The second kappa shape index (κ2) is 10.3. The predicted octanol–water partition coefficient (Wildman–Crippen LogP) is 3.74. The van der Waals surface area contributed by atoms with E-state index in [4.69, 9.17) is 9.47 Å². The molecule has 0 amide bonds. The topological polar surface area (TPSA) is 67.8 Å². The number of hydrogen-bond donors (Lipinski definition) is 2. The van der Waals surface area contributed by atoms with Gasteiger partial charge in [0.2, 0.25) is 5.88 Å². The molecule has 0 aliphatic heterocycles. The van der Waals surface area contributed by atoms with Crippen LogP contribution in [0.4, 0.5) is 0 Å². The van der Waals surface area contributed by atoms with Gasteiger partial charge in [-0.15, -0.1) is 0 Å². The number of nitrogens with zero attached hydrogens (tertiary/aromatic N) is 2. The van der Waals surface area contributed by atoms with Crippen molar-refractivity contribution in [1.29, 1.82) is 0 Å². The van der Waals surface area contributed by atoms with Gasteiger partial charge in [0.1, 0.15) is 11.5 Å². The number of ether oxygens (including phenoxy) is 2. The third kappa shape index (κ3) is 6.27. The molecule has 1 heterocycles. The van der Waals surface area contributed by atoms with E-state index in [0.29, 0.717) is 25.1 Å². The Labute approximate surface area is 155 Å². The summed E-state index contributed by atoms with van der Waals surface area (Å²) in [7, 11) is 1.77. The van der Waals surface area contributed by atoms with Crippen LogP contribution in [0, 0.1) is 0 Å². The maximum Gasteiger partial charge on any atom is 0.219 e. The van der Waals surface area contributed by atoms with Gasteiger partial charge in [-0.2, -0.15) is 0 Å². The second-order valence-electron chi connectivity index (χ2n) is 5.89. The molecule has 0 saturated heterocycles. The number of nitrogens with one attached hydrogen (secondary N) is 2. The number of rotatable bonds is 8. The molecule has 0 spiro atoms. The van der Waals surface area contributed by atoms with Crippen LogP contribution >= 0.6 is 0 Å². The highest BCUT2D eigenvalue weighted by Crippen LogP contribution is 2.23. The summed E-state index contributed by atoms with van der Waals surface area (Å²) in [4.78, 5) is 8.52. The standard InChI is InChI=1S/C20H28N4O2/c1-5-15(3)24-20(21-4)23-14-16-11-12-22-19(13-16)26-18-9-7-17(8-10-18)25-6-2/h7-13,15H,5-6,14H2,1-4H3,(H2,21,23,24). The van der Waals surface area contributed by atoms with Crippen LogP contribution in [0.3, 0.4) is 0 Å². The highest BCUT2D eigenvalue weighted by molar-refractivity contribution is 5.79. The Kier molecular flexibility index (Phi) is 7.74. The molecule has 2 rings (SSSR count). The van der Waals surface area contributed by atoms with Crippen LogP contribution in [-0.4, -0.2) is 30.6 Å². The minimum Gasteiger partial charge on any atom is -0.494 e. The van der Waals surface area contributed by atoms with Crippen molar-refractivity contribution in [2.45, 2.75) is 39.8 Å². The van der Waals surface area contributed by atoms with Crippen molar-refractivity contribution in [3.63, 3.8) is 0 Å². The van der Waals surface area contributed by atoms with E-state index < -0.39 is 0 Å². The van der Waals surface area contributed by atoms with Crippen molar-refractivity contribution >= 4 is 5.96 Å². The van der Waals surface area contributed by atoms with Crippen molar-refractivity contribution in [2.75, 3.05) is 13.7 Å². The summed E-state index contributed by atoms with van der Waals surface area (Å²) in [5.41, 5.74) is 1.06. The normalized spacial score (nSPS) is 12.4. The average Bonchev–Trinajstić information content (AvgIpc) is 2.67.